The van der Waals surface area contributed by atoms with Crippen molar-refractivity contribution in [3.8, 4) is 0 Å². The Morgan fingerprint density at radius 3 is 1.00 bits per heavy atom. The van der Waals surface area contributed by atoms with Crippen molar-refractivity contribution in [2.24, 2.45) is 0 Å². The second-order valence-electron chi connectivity index (χ2n) is 8.23. The Labute approximate surface area is 121 Å². The molecule has 100 valence electrons. The quantitative estimate of drug-likeness (QED) is 0.599. The molecule has 0 aromatic heterocycles. The molecular weight excluding hydrogens is 347 g/mol. The molecule has 5 heteroatoms. The summed E-state index contributed by atoms with van der Waals surface area (Å²) in [5.41, 5.74) is 0.762. The molecule has 1 saturated heterocycles. The molecule has 0 spiro atoms. The van der Waals surface area contributed by atoms with E-state index in [2.05, 4.69) is 73.3 Å². The van der Waals surface area contributed by atoms with Crippen molar-refractivity contribution in [1.82, 2.24) is 5.57 Å². The van der Waals surface area contributed by atoms with Gasteiger partial charge in [-0.15, -0.1) is 0 Å². The molecule has 0 saturated carbocycles. The van der Waals surface area contributed by atoms with Crippen LogP contribution in [0.1, 0.15) is 41.5 Å². The molecule has 0 bridgehead atoms. The Hall–Kier alpha value is 1.15. The van der Waals surface area contributed by atoms with Crippen molar-refractivity contribution in [3.05, 3.63) is 0 Å². The summed E-state index contributed by atoms with van der Waals surface area (Å²) in [6, 6.07) is 0. The summed E-state index contributed by atoms with van der Waals surface area (Å²) >= 11 is -0.575. The fraction of sp³-hybridized carbons (Fsp3) is 1.00. The molecule has 0 aromatic carbocycles. The van der Waals surface area contributed by atoms with Crippen LogP contribution in [0.2, 0.25) is 26.2 Å². The molecule has 0 N–H and O–H groups in total. The normalized spacial score (nSPS) is 26.5. The fourth-order valence-electron chi connectivity index (χ4n) is 2.87. The summed E-state index contributed by atoms with van der Waals surface area (Å²) in [6.07, 6.45) is 0. The molecule has 2 radical (unpaired) electrons. The molecule has 1 rings (SSSR count). The number of rotatable bonds is 0. The number of nitrogens with zero attached hydrogens (tertiary/aromatic N) is 2. The van der Waals surface area contributed by atoms with Gasteiger partial charge in [-0.05, 0) is 0 Å². The average Bonchev–Trinajstić information content (AvgIpc) is 2.15. The summed E-state index contributed by atoms with van der Waals surface area (Å²) < 4.78 is 6.00. The predicted octanol–water partition coefficient (Wildman–Crippen LogP) is 3.22. The van der Waals surface area contributed by atoms with Gasteiger partial charge in [-0.1, -0.05) is 0 Å². The molecule has 0 unspecified atom stereocenters. The zero-order valence-corrected chi connectivity index (χ0v) is 18.2. The molecule has 1 aliphatic heterocycles. The molecule has 0 aromatic rings. The second kappa shape index (κ2) is 4.33. The first kappa shape index (κ1) is 16.2. The minimum absolute atomic E-state index is 0.381. The standard InChI is InChI=1S/C12H30N2Si2.Sn/c1-11(2,3)13-15(7,8)16(9,10)14-12(4,5)6;/h1-10H3;/q-2;+2. The van der Waals surface area contributed by atoms with Gasteiger partial charge in [0, 0.05) is 0 Å². The minimum atomic E-state index is -1.23. The Balaban J connectivity index is 3.21. The molecule has 0 aliphatic carbocycles. The zero-order chi connectivity index (χ0) is 13.9. The Kier molecular flexibility index (Phi) is 4.13. The van der Waals surface area contributed by atoms with Gasteiger partial charge < -0.3 is 0 Å². The fourth-order valence-corrected chi connectivity index (χ4v) is 37.8. The topological polar surface area (TPSA) is 6.48 Å². The SMILES string of the molecule is CC(C)(C)[N]1[Sn][N](C(C)(C)C)[Si](C)(C)[Si]1(C)C. The Morgan fingerprint density at radius 1 is 0.647 bits per heavy atom. The molecule has 1 aliphatic rings. The molecule has 17 heavy (non-hydrogen) atoms. The monoisotopic (exact) mass is 378 g/mol. The molecule has 0 amide bonds. The van der Waals surface area contributed by atoms with Gasteiger partial charge in [0.25, 0.3) is 0 Å². The zero-order valence-electron chi connectivity index (χ0n) is 13.4. The van der Waals surface area contributed by atoms with E-state index in [-0.39, 0.29) is 0 Å². The van der Waals surface area contributed by atoms with E-state index in [1.807, 2.05) is 0 Å². The van der Waals surface area contributed by atoms with Gasteiger partial charge in [0.1, 0.15) is 0 Å². The average molecular weight is 377 g/mol. The van der Waals surface area contributed by atoms with Crippen LogP contribution in [-0.4, -0.2) is 53.8 Å². The first-order chi connectivity index (χ1) is 7.22. The van der Waals surface area contributed by atoms with Gasteiger partial charge in [0.05, 0.1) is 0 Å². The van der Waals surface area contributed by atoms with Crippen LogP contribution in [-0.2, 0) is 0 Å². The van der Waals surface area contributed by atoms with Crippen LogP contribution in [0, 0.1) is 0 Å². The van der Waals surface area contributed by atoms with Crippen molar-refractivity contribution in [2.75, 3.05) is 0 Å². The number of hydrogen-bond donors (Lipinski definition) is 0. The summed E-state index contributed by atoms with van der Waals surface area (Å²) in [6.45, 7) is 25.0. The van der Waals surface area contributed by atoms with Crippen LogP contribution in [0.4, 0.5) is 0 Å². The summed E-state index contributed by atoms with van der Waals surface area (Å²) in [5, 5.41) is 0. The van der Waals surface area contributed by atoms with E-state index in [0.29, 0.717) is 11.1 Å². The van der Waals surface area contributed by atoms with Crippen LogP contribution in [0.5, 0.6) is 0 Å². The Bertz CT molecular complexity index is 273. The van der Waals surface area contributed by atoms with E-state index in [1.54, 1.807) is 0 Å². The molecule has 1 fully saturated rings. The maximum absolute atomic E-state index is 3.00. The summed E-state index contributed by atoms with van der Waals surface area (Å²) in [4.78, 5) is 0. The first-order valence-corrected chi connectivity index (χ1v) is 16.0. The van der Waals surface area contributed by atoms with Crippen LogP contribution in [0.15, 0.2) is 0 Å². The Morgan fingerprint density at radius 2 is 0.882 bits per heavy atom. The third-order valence-electron chi connectivity index (χ3n) is 4.16. The van der Waals surface area contributed by atoms with Crippen molar-refractivity contribution in [2.45, 2.75) is 78.8 Å². The van der Waals surface area contributed by atoms with Gasteiger partial charge in [-0.3, -0.25) is 0 Å². The van der Waals surface area contributed by atoms with Crippen LogP contribution in [0.25, 0.3) is 0 Å². The molecular formula is C12H30N2Si2Sn. The van der Waals surface area contributed by atoms with E-state index < -0.39 is 37.2 Å². The molecule has 0 atom stereocenters. The number of hydrogen-bond acceptors (Lipinski definition) is 2. The predicted molar refractivity (Wildman–Crippen MR) is 83.9 cm³/mol. The van der Waals surface area contributed by atoms with Crippen LogP contribution < -0.4 is 0 Å². The summed E-state index contributed by atoms with van der Waals surface area (Å²) in [7, 11) is -2.46. The van der Waals surface area contributed by atoms with Gasteiger partial charge in [0.15, 0.2) is 0 Å². The third-order valence-corrected chi connectivity index (χ3v) is 40.8. The van der Waals surface area contributed by atoms with Crippen molar-refractivity contribution < 1.29 is 0 Å². The summed E-state index contributed by atoms with van der Waals surface area (Å²) in [5.74, 6) is 0. The van der Waals surface area contributed by atoms with Crippen molar-refractivity contribution in [3.63, 3.8) is 0 Å². The van der Waals surface area contributed by atoms with E-state index >= 15 is 0 Å². The van der Waals surface area contributed by atoms with Crippen molar-refractivity contribution >= 4 is 37.2 Å². The van der Waals surface area contributed by atoms with E-state index in [9.17, 15) is 0 Å². The third kappa shape index (κ3) is 2.71. The van der Waals surface area contributed by atoms with Crippen molar-refractivity contribution in [1.29, 1.82) is 0 Å². The molecule has 2 nitrogen and oxygen atoms in total. The van der Waals surface area contributed by atoms with Gasteiger partial charge in [0.2, 0.25) is 0 Å². The second-order valence-corrected chi connectivity index (χ2v) is 28.4. The first-order valence-electron chi connectivity index (χ1n) is 6.59. The van der Waals surface area contributed by atoms with E-state index in [4.69, 9.17) is 0 Å². The van der Waals surface area contributed by atoms with E-state index in [1.165, 1.54) is 0 Å². The van der Waals surface area contributed by atoms with Crippen LogP contribution >= 0.6 is 0 Å². The maximum atomic E-state index is 3.00. The van der Waals surface area contributed by atoms with Gasteiger partial charge in [-0.2, -0.15) is 0 Å². The van der Waals surface area contributed by atoms with Crippen LogP contribution in [0.3, 0.4) is 0 Å². The van der Waals surface area contributed by atoms with Gasteiger partial charge in [-0.25, -0.2) is 0 Å². The molecule has 1 heterocycles. The van der Waals surface area contributed by atoms with Gasteiger partial charge >= 0.3 is 122 Å². The van der Waals surface area contributed by atoms with E-state index in [0.717, 1.165) is 0 Å².